The van der Waals surface area contributed by atoms with Gasteiger partial charge in [0.15, 0.2) is 12.0 Å². The lowest BCUT2D eigenvalue weighted by Crippen LogP contribution is -2.00. The third-order valence-corrected chi connectivity index (χ3v) is 2.88. The van der Waals surface area contributed by atoms with Gasteiger partial charge in [-0.2, -0.15) is 0 Å². The molecule has 0 aromatic heterocycles. The SMILES string of the molecule is COc1ccc(COc2ccccc2C=O)cc1[N+](=O)[O-]. The average Bonchev–Trinajstić information content (AvgIpc) is 2.52. The summed E-state index contributed by atoms with van der Waals surface area (Å²) in [6.07, 6.45) is 0.700. The van der Waals surface area contributed by atoms with E-state index in [4.69, 9.17) is 9.47 Å². The van der Waals surface area contributed by atoms with Crippen LogP contribution in [0, 0.1) is 10.1 Å². The van der Waals surface area contributed by atoms with Gasteiger partial charge in [-0.05, 0) is 23.8 Å². The monoisotopic (exact) mass is 287 g/mol. The van der Waals surface area contributed by atoms with Gasteiger partial charge in [-0.3, -0.25) is 14.9 Å². The van der Waals surface area contributed by atoms with Crippen molar-refractivity contribution in [2.75, 3.05) is 7.11 Å². The fourth-order valence-corrected chi connectivity index (χ4v) is 1.84. The van der Waals surface area contributed by atoms with Crippen molar-refractivity contribution in [1.29, 1.82) is 0 Å². The Kier molecular flexibility index (Phi) is 4.50. The van der Waals surface area contributed by atoms with Gasteiger partial charge in [-0.1, -0.05) is 18.2 Å². The topological polar surface area (TPSA) is 78.7 Å². The van der Waals surface area contributed by atoms with Crippen molar-refractivity contribution < 1.29 is 19.2 Å². The molecule has 0 fully saturated rings. The summed E-state index contributed by atoms with van der Waals surface area (Å²) in [5.41, 5.74) is 0.922. The van der Waals surface area contributed by atoms with Gasteiger partial charge < -0.3 is 9.47 Å². The first kappa shape index (κ1) is 14.5. The molecule has 0 aliphatic carbocycles. The zero-order chi connectivity index (χ0) is 15.2. The number of hydrogen-bond donors (Lipinski definition) is 0. The second kappa shape index (κ2) is 6.51. The van der Waals surface area contributed by atoms with Gasteiger partial charge >= 0.3 is 5.69 Å². The van der Waals surface area contributed by atoms with E-state index in [1.807, 2.05) is 0 Å². The van der Waals surface area contributed by atoms with E-state index in [1.165, 1.54) is 19.2 Å². The van der Waals surface area contributed by atoms with E-state index in [-0.39, 0.29) is 18.0 Å². The van der Waals surface area contributed by atoms with Crippen molar-refractivity contribution in [2.45, 2.75) is 6.61 Å². The van der Waals surface area contributed by atoms with Gasteiger partial charge in [0.1, 0.15) is 12.4 Å². The zero-order valence-corrected chi connectivity index (χ0v) is 11.3. The molecule has 0 heterocycles. The molecular weight excluding hydrogens is 274 g/mol. The van der Waals surface area contributed by atoms with E-state index in [9.17, 15) is 14.9 Å². The molecule has 0 aliphatic rings. The maximum Gasteiger partial charge on any atom is 0.311 e. The first-order chi connectivity index (χ1) is 10.2. The Morgan fingerprint density at radius 1 is 1.19 bits per heavy atom. The molecule has 0 N–H and O–H groups in total. The molecule has 0 unspecified atom stereocenters. The lowest BCUT2D eigenvalue weighted by molar-refractivity contribution is -0.385. The number of hydrogen-bond acceptors (Lipinski definition) is 5. The van der Waals surface area contributed by atoms with Crippen LogP contribution in [0.5, 0.6) is 11.5 Å². The van der Waals surface area contributed by atoms with E-state index in [0.717, 1.165) is 0 Å². The molecule has 108 valence electrons. The molecule has 0 bridgehead atoms. The molecule has 6 heteroatoms. The van der Waals surface area contributed by atoms with Gasteiger partial charge in [0, 0.05) is 6.07 Å². The molecule has 0 amide bonds. The molecular formula is C15H13NO5. The quantitative estimate of drug-likeness (QED) is 0.463. The summed E-state index contributed by atoms with van der Waals surface area (Å²) >= 11 is 0. The number of carbonyl (C=O) groups excluding carboxylic acids is 1. The van der Waals surface area contributed by atoms with Crippen LogP contribution in [0.4, 0.5) is 5.69 Å². The molecule has 0 spiro atoms. The van der Waals surface area contributed by atoms with Crippen molar-refractivity contribution in [3.8, 4) is 11.5 Å². The highest BCUT2D eigenvalue weighted by atomic mass is 16.6. The molecule has 2 rings (SSSR count). The Morgan fingerprint density at radius 3 is 2.62 bits per heavy atom. The van der Waals surface area contributed by atoms with Crippen LogP contribution in [0.25, 0.3) is 0 Å². The molecule has 0 atom stereocenters. The standard InChI is InChI=1S/C15H13NO5/c1-20-15-7-6-11(8-13(15)16(18)19)10-21-14-5-3-2-4-12(14)9-17/h2-9H,10H2,1H3. The van der Waals surface area contributed by atoms with E-state index < -0.39 is 4.92 Å². The maximum absolute atomic E-state index is 10.9. The van der Waals surface area contributed by atoms with Crippen molar-refractivity contribution in [3.63, 3.8) is 0 Å². The minimum Gasteiger partial charge on any atom is -0.490 e. The third kappa shape index (κ3) is 3.36. The molecule has 2 aromatic rings. The minimum absolute atomic E-state index is 0.121. The van der Waals surface area contributed by atoms with E-state index in [1.54, 1.807) is 30.3 Å². The number of rotatable bonds is 6. The summed E-state index contributed by atoms with van der Waals surface area (Å²) in [5, 5.41) is 10.9. The molecule has 0 saturated heterocycles. The van der Waals surface area contributed by atoms with E-state index >= 15 is 0 Å². The number of benzene rings is 2. The predicted octanol–water partition coefficient (Wildman–Crippen LogP) is 2.99. The van der Waals surface area contributed by atoms with Crippen LogP contribution in [0.2, 0.25) is 0 Å². The highest BCUT2D eigenvalue weighted by molar-refractivity contribution is 5.79. The average molecular weight is 287 g/mol. The zero-order valence-electron chi connectivity index (χ0n) is 11.3. The normalized spacial score (nSPS) is 9.95. The lowest BCUT2D eigenvalue weighted by Gasteiger charge is -2.09. The van der Waals surface area contributed by atoms with E-state index in [2.05, 4.69) is 0 Å². The summed E-state index contributed by atoms with van der Waals surface area (Å²) in [6.45, 7) is 0.121. The largest absolute Gasteiger partial charge is 0.490 e. The first-order valence-corrected chi connectivity index (χ1v) is 6.14. The number of nitro groups is 1. The predicted molar refractivity (Wildman–Crippen MR) is 75.8 cm³/mol. The van der Waals surface area contributed by atoms with Crippen LogP contribution >= 0.6 is 0 Å². The van der Waals surface area contributed by atoms with Crippen molar-refractivity contribution in [2.24, 2.45) is 0 Å². The Morgan fingerprint density at radius 2 is 1.95 bits per heavy atom. The second-order valence-electron chi connectivity index (χ2n) is 4.21. The van der Waals surface area contributed by atoms with Gasteiger partial charge in [0.2, 0.25) is 0 Å². The Balaban J connectivity index is 2.19. The number of nitrogens with zero attached hydrogens (tertiary/aromatic N) is 1. The molecule has 0 aliphatic heterocycles. The minimum atomic E-state index is -0.512. The van der Waals surface area contributed by atoms with Crippen LogP contribution < -0.4 is 9.47 Å². The highest BCUT2D eigenvalue weighted by Crippen LogP contribution is 2.28. The van der Waals surface area contributed by atoms with Gasteiger partial charge in [0.25, 0.3) is 0 Å². The summed E-state index contributed by atoms with van der Waals surface area (Å²) in [7, 11) is 1.37. The Bertz CT molecular complexity index is 669. The highest BCUT2D eigenvalue weighted by Gasteiger charge is 2.15. The van der Waals surface area contributed by atoms with Crippen molar-refractivity contribution in [1.82, 2.24) is 0 Å². The number of methoxy groups -OCH3 is 1. The summed E-state index contributed by atoms with van der Waals surface area (Å²) < 4.78 is 10.5. The first-order valence-electron chi connectivity index (χ1n) is 6.14. The fourth-order valence-electron chi connectivity index (χ4n) is 1.84. The van der Waals surface area contributed by atoms with Gasteiger partial charge in [-0.15, -0.1) is 0 Å². The van der Waals surface area contributed by atoms with Crippen molar-refractivity contribution >= 4 is 12.0 Å². The van der Waals surface area contributed by atoms with Crippen molar-refractivity contribution in [3.05, 3.63) is 63.7 Å². The summed E-state index contributed by atoms with van der Waals surface area (Å²) in [6, 6.07) is 11.4. The molecule has 0 saturated carbocycles. The van der Waals surface area contributed by atoms with Gasteiger partial charge in [-0.25, -0.2) is 0 Å². The lowest BCUT2D eigenvalue weighted by atomic mass is 10.2. The summed E-state index contributed by atoms with van der Waals surface area (Å²) in [4.78, 5) is 21.3. The second-order valence-corrected chi connectivity index (χ2v) is 4.21. The molecule has 2 aromatic carbocycles. The summed E-state index contributed by atoms with van der Waals surface area (Å²) in [5.74, 6) is 0.628. The van der Waals surface area contributed by atoms with Crippen LogP contribution in [0.3, 0.4) is 0 Å². The Labute approximate surface area is 121 Å². The number of para-hydroxylation sites is 1. The van der Waals surface area contributed by atoms with Crippen LogP contribution in [0.1, 0.15) is 15.9 Å². The smallest absolute Gasteiger partial charge is 0.311 e. The van der Waals surface area contributed by atoms with Gasteiger partial charge in [0.05, 0.1) is 17.6 Å². The van der Waals surface area contributed by atoms with Crippen LogP contribution in [-0.4, -0.2) is 18.3 Å². The molecule has 21 heavy (non-hydrogen) atoms. The fraction of sp³-hybridized carbons (Fsp3) is 0.133. The van der Waals surface area contributed by atoms with E-state index in [0.29, 0.717) is 23.2 Å². The molecule has 6 nitrogen and oxygen atoms in total. The maximum atomic E-state index is 10.9. The molecule has 0 radical (unpaired) electrons. The number of ether oxygens (including phenoxy) is 2. The third-order valence-electron chi connectivity index (χ3n) is 2.88. The Hall–Kier alpha value is -2.89. The number of nitro benzene ring substituents is 1. The van der Waals surface area contributed by atoms with Crippen LogP contribution in [-0.2, 0) is 6.61 Å². The number of carbonyl (C=O) groups is 1. The number of aldehydes is 1. The van der Waals surface area contributed by atoms with Crippen LogP contribution in [0.15, 0.2) is 42.5 Å².